The number of carbonyl (C=O) groups excluding carboxylic acids is 1. The highest BCUT2D eigenvalue weighted by Crippen LogP contribution is 2.23. The molecule has 0 aliphatic rings. The molecule has 0 aliphatic carbocycles. The molecule has 27 heavy (non-hydrogen) atoms. The van der Waals surface area contributed by atoms with Crippen LogP contribution in [-0.2, 0) is 10.0 Å². The van der Waals surface area contributed by atoms with E-state index in [0.717, 1.165) is 16.2 Å². The van der Waals surface area contributed by atoms with E-state index >= 15 is 0 Å². The quantitative estimate of drug-likeness (QED) is 0.440. The first-order chi connectivity index (χ1) is 12.9. The molecule has 2 heterocycles. The van der Waals surface area contributed by atoms with E-state index in [-0.39, 0.29) is 15.5 Å². The number of nitrogens with one attached hydrogen (secondary N) is 2. The Bertz CT molecular complexity index is 1090. The number of sulfonamides is 1. The van der Waals surface area contributed by atoms with Gasteiger partial charge in [-0.15, -0.1) is 22.7 Å². The van der Waals surface area contributed by atoms with Gasteiger partial charge in [-0.1, -0.05) is 29.8 Å². The lowest BCUT2D eigenvalue weighted by molar-refractivity contribution is 0.0955. The second-order valence-electron chi connectivity index (χ2n) is 5.33. The molecule has 0 radical (unpaired) electrons. The molecular weight excluding hydrogens is 426 g/mol. The molecule has 3 rings (SSSR count). The maximum atomic E-state index is 12.5. The van der Waals surface area contributed by atoms with E-state index < -0.39 is 15.9 Å². The van der Waals surface area contributed by atoms with Crippen LogP contribution in [0.5, 0.6) is 0 Å². The molecule has 0 unspecified atom stereocenters. The number of carbonyl (C=O) groups is 1. The first-order valence-corrected chi connectivity index (χ1v) is 11.2. The minimum absolute atomic E-state index is 0.165. The summed E-state index contributed by atoms with van der Waals surface area (Å²) in [4.78, 5) is 13.3. The van der Waals surface area contributed by atoms with Crippen LogP contribution in [0.15, 0.2) is 63.2 Å². The molecule has 10 heteroatoms. The minimum Gasteiger partial charge on any atom is -0.278 e. The van der Waals surface area contributed by atoms with Crippen molar-refractivity contribution in [3.05, 3.63) is 68.7 Å². The number of anilines is 1. The first kappa shape index (κ1) is 19.6. The van der Waals surface area contributed by atoms with Crippen LogP contribution in [-0.4, -0.2) is 20.0 Å². The summed E-state index contributed by atoms with van der Waals surface area (Å²) in [6.45, 7) is 1.74. The normalized spacial score (nSPS) is 12.0. The number of hydrogen-bond acceptors (Lipinski definition) is 6. The van der Waals surface area contributed by atoms with E-state index in [1.54, 1.807) is 42.6 Å². The predicted octanol–water partition coefficient (Wildman–Crippen LogP) is 4.42. The van der Waals surface area contributed by atoms with Gasteiger partial charge in [0, 0.05) is 0 Å². The van der Waals surface area contributed by atoms with Gasteiger partial charge in [-0.05, 0) is 42.6 Å². The van der Waals surface area contributed by atoms with Gasteiger partial charge in [0.15, 0.2) is 0 Å². The Kier molecular flexibility index (Phi) is 5.95. The van der Waals surface area contributed by atoms with E-state index in [4.69, 9.17) is 11.6 Å². The molecule has 140 valence electrons. The highest BCUT2D eigenvalue weighted by molar-refractivity contribution is 7.94. The lowest BCUT2D eigenvalue weighted by Gasteiger charge is -2.10. The highest BCUT2D eigenvalue weighted by Gasteiger charge is 2.19. The molecule has 0 saturated carbocycles. The van der Waals surface area contributed by atoms with Crippen molar-refractivity contribution in [3.8, 4) is 0 Å². The van der Waals surface area contributed by atoms with Gasteiger partial charge in [0.1, 0.15) is 4.21 Å². The van der Waals surface area contributed by atoms with E-state index in [9.17, 15) is 13.2 Å². The average Bonchev–Trinajstić information content (AvgIpc) is 3.31. The number of hydrazone groups is 1. The Morgan fingerprint density at radius 3 is 2.56 bits per heavy atom. The number of benzene rings is 1. The zero-order valence-corrected chi connectivity index (χ0v) is 17.2. The van der Waals surface area contributed by atoms with E-state index in [1.807, 2.05) is 0 Å². The Balaban J connectivity index is 1.80. The number of nitrogens with zero attached hydrogens (tertiary/aromatic N) is 1. The van der Waals surface area contributed by atoms with Gasteiger partial charge in [-0.2, -0.15) is 5.10 Å². The zero-order valence-electron chi connectivity index (χ0n) is 14.0. The number of amides is 1. The van der Waals surface area contributed by atoms with Crippen molar-refractivity contribution in [2.45, 2.75) is 11.1 Å². The van der Waals surface area contributed by atoms with Crippen molar-refractivity contribution in [2.75, 3.05) is 4.72 Å². The molecule has 0 saturated heterocycles. The van der Waals surface area contributed by atoms with E-state index in [2.05, 4.69) is 15.2 Å². The summed E-state index contributed by atoms with van der Waals surface area (Å²) in [7, 11) is -3.76. The standard InChI is InChI=1S/C17H14ClN3O3S3/c1-11(14-8-9-15(18)26-14)19-20-17(22)12-5-2-3-6-13(12)21-27(23,24)16-7-4-10-25-16/h2-10,21H,1H3,(H,20,22)/b19-11+. The number of halogens is 1. The average molecular weight is 440 g/mol. The third kappa shape index (κ3) is 4.75. The molecule has 1 amide bonds. The Hall–Kier alpha value is -2.20. The maximum absolute atomic E-state index is 12.5. The number of thiophene rings is 2. The topological polar surface area (TPSA) is 87.6 Å². The summed E-state index contributed by atoms with van der Waals surface area (Å²) >= 11 is 8.34. The van der Waals surface area contributed by atoms with Crippen LogP contribution >= 0.6 is 34.3 Å². The van der Waals surface area contributed by atoms with Crippen molar-refractivity contribution in [2.24, 2.45) is 5.10 Å². The SMILES string of the molecule is C/C(=N\NC(=O)c1ccccc1NS(=O)(=O)c1cccs1)c1ccc(Cl)s1. The molecule has 0 fully saturated rings. The van der Waals surface area contributed by atoms with Crippen LogP contribution in [0.25, 0.3) is 0 Å². The van der Waals surface area contributed by atoms with Gasteiger partial charge in [0.2, 0.25) is 0 Å². The fourth-order valence-electron chi connectivity index (χ4n) is 2.14. The number of hydrogen-bond donors (Lipinski definition) is 2. The van der Waals surface area contributed by atoms with E-state index in [0.29, 0.717) is 10.0 Å². The molecule has 0 bridgehead atoms. The number of para-hydroxylation sites is 1. The van der Waals surface area contributed by atoms with Crippen LogP contribution in [0.2, 0.25) is 4.34 Å². The van der Waals surface area contributed by atoms with Crippen LogP contribution in [0.3, 0.4) is 0 Å². The monoisotopic (exact) mass is 439 g/mol. The van der Waals surface area contributed by atoms with Crippen molar-refractivity contribution in [1.29, 1.82) is 0 Å². The van der Waals surface area contributed by atoms with Gasteiger partial charge in [-0.25, -0.2) is 13.8 Å². The molecule has 2 aromatic heterocycles. The maximum Gasteiger partial charge on any atom is 0.273 e. The van der Waals surface area contributed by atoms with Gasteiger partial charge in [0.25, 0.3) is 15.9 Å². The van der Waals surface area contributed by atoms with Crippen LogP contribution in [0, 0.1) is 0 Å². The molecule has 6 nitrogen and oxygen atoms in total. The van der Waals surface area contributed by atoms with Crippen molar-refractivity contribution in [3.63, 3.8) is 0 Å². The third-order valence-corrected chi connectivity index (χ3v) is 7.53. The summed E-state index contributed by atoms with van der Waals surface area (Å²) in [5.74, 6) is -0.526. The second-order valence-corrected chi connectivity index (χ2v) is 9.90. The molecule has 3 aromatic rings. The molecule has 0 spiro atoms. The third-order valence-electron chi connectivity index (χ3n) is 3.43. The molecule has 0 atom stereocenters. The van der Waals surface area contributed by atoms with Crippen molar-refractivity contribution < 1.29 is 13.2 Å². The fraction of sp³-hybridized carbons (Fsp3) is 0.0588. The zero-order chi connectivity index (χ0) is 19.4. The smallest absolute Gasteiger partial charge is 0.273 e. The van der Waals surface area contributed by atoms with Gasteiger partial charge < -0.3 is 0 Å². The lowest BCUT2D eigenvalue weighted by Crippen LogP contribution is -2.22. The Morgan fingerprint density at radius 1 is 1.11 bits per heavy atom. The highest BCUT2D eigenvalue weighted by atomic mass is 35.5. The lowest BCUT2D eigenvalue weighted by atomic mass is 10.2. The Morgan fingerprint density at radius 2 is 1.89 bits per heavy atom. The summed E-state index contributed by atoms with van der Waals surface area (Å²) in [5, 5.41) is 5.73. The minimum atomic E-state index is -3.76. The largest absolute Gasteiger partial charge is 0.278 e. The fourth-order valence-corrected chi connectivity index (χ4v) is 5.20. The van der Waals surface area contributed by atoms with Gasteiger partial charge >= 0.3 is 0 Å². The predicted molar refractivity (Wildman–Crippen MR) is 111 cm³/mol. The molecular formula is C17H14ClN3O3S3. The van der Waals surface area contributed by atoms with Crippen molar-refractivity contribution in [1.82, 2.24) is 5.43 Å². The van der Waals surface area contributed by atoms with Gasteiger partial charge in [0.05, 0.1) is 26.2 Å². The van der Waals surface area contributed by atoms with Crippen LogP contribution in [0.4, 0.5) is 5.69 Å². The summed E-state index contributed by atoms with van der Waals surface area (Å²) < 4.78 is 28.1. The Labute approximate surface area is 169 Å². The molecule has 2 N–H and O–H groups in total. The summed E-state index contributed by atoms with van der Waals surface area (Å²) in [5.41, 5.74) is 3.38. The summed E-state index contributed by atoms with van der Waals surface area (Å²) in [6, 6.07) is 13.0. The van der Waals surface area contributed by atoms with E-state index in [1.165, 1.54) is 29.5 Å². The molecule has 0 aliphatic heterocycles. The summed E-state index contributed by atoms with van der Waals surface area (Å²) in [6.07, 6.45) is 0. The van der Waals surface area contributed by atoms with Crippen LogP contribution in [0.1, 0.15) is 22.2 Å². The van der Waals surface area contributed by atoms with Gasteiger partial charge in [-0.3, -0.25) is 9.52 Å². The number of rotatable bonds is 6. The molecule has 1 aromatic carbocycles. The second kappa shape index (κ2) is 8.22. The van der Waals surface area contributed by atoms with Crippen LogP contribution < -0.4 is 10.1 Å². The van der Waals surface area contributed by atoms with Crippen molar-refractivity contribution >= 4 is 61.6 Å². The first-order valence-electron chi connectivity index (χ1n) is 7.62.